The quantitative estimate of drug-likeness (QED) is 0.525. The molecule has 160 valence electrons. The van der Waals surface area contributed by atoms with E-state index in [0.717, 1.165) is 16.7 Å². The highest BCUT2D eigenvalue weighted by atomic mass is 35.5. The van der Waals surface area contributed by atoms with Crippen LogP contribution in [-0.4, -0.2) is 35.7 Å². The maximum atomic E-state index is 13.4. The number of hydrogen-bond acceptors (Lipinski definition) is 4. The van der Waals surface area contributed by atoms with Gasteiger partial charge in [0.1, 0.15) is 4.99 Å². The molecule has 1 aliphatic heterocycles. The molecule has 0 aliphatic carbocycles. The lowest BCUT2D eigenvalue weighted by Crippen LogP contribution is -2.49. The summed E-state index contributed by atoms with van der Waals surface area (Å²) in [7, 11) is 0. The fraction of sp³-hybridized carbons (Fsp3) is 0.391. The molecule has 2 aromatic rings. The number of benzene rings is 2. The Bertz CT molecular complexity index is 936. The normalized spacial score (nSPS) is 14.6. The third-order valence-corrected chi connectivity index (χ3v) is 5.25. The van der Waals surface area contributed by atoms with Crippen LogP contribution in [0.2, 0.25) is 5.02 Å². The maximum Gasteiger partial charge on any atom is 0.273 e. The standard InChI is InChI=1S/C23H27ClN2O3S/c1-15-7-5-6-8-17(15)20(30)25-26(14-23(2,3)4)21(27)18-10-9-16(13-19(18)24)22-28-11-12-29-22/h5-10,13,22H,11-12,14H2,1-4H3,(H,25,30). The van der Waals surface area contributed by atoms with E-state index in [1.54, 1.807) is 12.1 Å². The minimum atomic E-state index is -0.441. The molecule has 0 radical (unpaired) electrons. The van der Waals surface area contributed by atoms with Crippen molar-refractivity contribution in [1.82, 2.24) is 10.4 Å². The molecule has 0 aromatic heterocycles. The first kappa shape index (κ1) is 22.7. The van der Waals surface area contributed by atoms with Crippen molar-refractivity contribution < 1.29 is 14.3 Å². The van der Waals surface area contributed by atoms with E-state index in [1.165, 1.54) is 5.01 Å². The first-order valence-electron chi connectivity index (χ1n) is 9.87. The van der Waals surface area contributed by atoms with Gasteiger partial charge < -0.3 is 9.47 Å². The predicted molar refractivity (Wildman–Crippen MR) is 123 cm³/mol. The van der Waals surface area contributed by atoms with Crippen LogP contribution < -0.4 is 5.43 Å². The molecule has 0 unspecified atom stereocenters. The summed E-state index contributed by atoms with van der Waals surface area (Å²) in [4.78, 5) is 13.9. The number of nitrogens with one attached hydrogen (secondary N) is 1. The second-order valence-corrected chi connectivity index (χ2v) is 9.34. The monoisotopic (exact) mass is 446 g/mol. The average Bonchev–Trinajstić information content (AvgIpc) is 3.21. The number of aryl methyl sites for hydroxylation is 1. The Hall–Kier alpha value is -1.99. The fourth-order valence-electron chi connectivity index (χ4n) is 3.19. The molecular weight excluding hydrogens is 420 g/mol. The number of halogens is 1. The fourth-order valence-corrected chi connectivity index (χ4v) is 3.80. The number of hydrazine groups is 1. The van der Waals surface area contributed by atoms with Crippen molar-refractivity contribution in [3.63, 3.8) is 0 Å². The average molecular weight is 447 g/mol. The van der Waals surface area contributed by atoms with Crippen molar-refractivity contribution in [1.29, 1.82) is 0 Å². The lowest BCUT2D eigenvalue weighted by atomic mass is 9.96. The number of ether oxygens (including phenoxy) is 2. The summed E-state index contributed by atoms with van der Waals surface area (Å²) in [6.45, 7) is 9.71. The Morgan fingerprint density at radius 1 is 1.17 bits per heavy atom. The number of carbonyl (C=O) groups excluding carboxylic acids is 1. The van der Waals surface area contributed by atoms with Gasteiger partial charge in [-0.2, -0.15) is 0 Å². The van der Waals surface area contributed by atoms with E-state index in [0.29, 0.717) is 35.3 Å². The molecule has 2 aromatic carbocycles. The Morgan fingerprint density at radius 2 is 1.83 bits per heavy atom. The zero-order valence-electron chi connectivity index (χ0n) is 17.7. The van der Waals surface area contributed by atoms with Gasteiger partial charge in [-0.25, -0.2) is 0 Å². The first-order chi connectivity index (χ1) is 14.2. The summed E-state index contributed by atoms with van der Waals surface area (Å²) in [5, 5.41) is 1.89. The van der Waals surface area contributed by atoms with Crippen LogP contribution >= 0.6 is 23.8 Å². The molecule has 1 fully saturated rings. The van der Waals surface area contributed by atoms with Crippen LogP contribution in [0.3, 0.4) is 0 Å². The Labute approximate surface area is 188 Å². The number of nitrogens with zero attached hydrogens (tertiary/aromatic N) is 1. The van der Waals surface area contributed by atoms with Crippen LogP contribution in [-0.2, 0) is 9.47 Å². The first-order valence-corrected chi connectivity index (χ1v) is 10.7. The molecule has 3 rings (SSSR count). The van der Waals surface area contributed by atoms with E-state index < -0.39 is 6.29 Å². The highest BCUT2D eigenvalue weighted by Crippen LogP contribution is 2.28. The Kier molecular flexibility index (Phi) is 7.14. The zero-order valence-corrected chi connectivity index (χ0v) is 19.3. The molecule has 0 bridgehead atoms. The van der Waals surface area contributed by atoms with Crippen LogP contribution in [0.1, 0.15) is 54.1 Å². The van der Waals surface area contributed by atoms with Crippen molar-refractivity contribution in [3.8, 4) is 0 Å². The molecule has 0 atom stereocenters. The summed E-state index contributed by atoms with van der Waals surface area (Å²) in [6, 6.07) is 13.0. The van der Waals surface area contributed by atoms with E-state index in [9.17, 15) is 4.79 Å². The van der Waals surface area contributed by atoms with Gasteiger partial charge in [-0.15, -0.1) is 0 Å². The number of hydrogen-bond donors (Lipinski definition) is 1. The van der Waals surface area contributed by atoms with Crippen molar-refractivity contribution in [2.24, 2.45) is 5.41 Å². The van der Waals surface area contributed by atoms with Gasteiger partial charge in [-0.1, -0.05) is 74.9 Å². The van der Waals surface area contributed by atoms with Crippen molar-refractivity contribution in [3.05, 3.63) is 69.7 Å². The maximum absolute atomic E-state index is 13.4. The summed E-state index contributed by atoms with van der Waals surface area (Å²) in [6.07, 6.45) is -0.441. The smallest absolute Gasteiger partial charge is 0.273 e. The van der Waals surface area contributed by atoms with Crippen molar-refractivity contribution >= 4 is 34.7 Å². The summed E-state index contributed by atoms with van der Waals surface area (Å²) < 4.78 is 11.0. The second kappa shape index (κ2) is 9.43. The summed E-state index contributed by atoms with van der Waals surface area (Å²) in [5.74, 6) is -0.245. The number of carbonyl (C=O) groups is 1. The third kappa shape index (κ3) is 5.58. The lowest BCUT2D eigenvalue weighted by Gasteiger charge is -2.31. The number of amides is 1. The number of thiocarbonyl (C=S) groups is 1. The van der Waals surface area contributed by atoms with Gasteiger partial charge >= 0.3 is 0 Å². The van der Waals surface area contributed by atoms with E-state index in [4.69, 9.17) is 33.3 Å². The van der Waals surface area contributed by atoms with Crippen molar-refractivity contribution in [2.45, 2.75) is 34.0 Å². The zero-order chi connectivity index (χ0) is 21.9. The molecule has 7 heteroatoms. The molecule has 5 nitrogen and oxygen atoms in total. The molecular formula is C23H27ClN2O3S. The summed E-state index contributed by atoms with van der Waals surface area (Å²) in [5.41, 5.74) is 6.09. The van der Waals surface area contributed by atoms with Gasteiger partial charge in [-0.05, 0) is 30.0 Å². The van der Waals surface area contributed by atoms with Crippen LogP contribution in [0.15, 0.2) is 42.5 Å². The largest absolute Gasteiger partial charge is 0.346 e. The predicted octanol–water partition coefficient (Wildman–Crippen LogP) is 5.06. The molecule has 0 spiro atoms. The van der Waals surface area contributed by atoms with E-state index >= 15 is 0 Å². The van der Waals surface area contributed by atoms with E-state index in [-0.39, 0.29) is 11.3 Å². The van der Waals surface area contributed by atoms with Crippen LogP contribution in [0.4, 0.5) is 0 Å². The second-order valence-electron chi connectivity index (χ2n) is 8.52. The van der Waals surface area contributed by atoms with Gasteiger partial charge in [0.2, 0.25) is 0 Å². The van der Waals surface area contributed by atoms with Crippen LogP contribution in [0.5, 0.6) is 0 Å². The minimum absolute atomic E-state index is 0.151. The summed E-state index contributed by atoms with van der Waals surface area (Å²) >= 11 is 12.1. The van der Waals surface area contributed by atoms with Gasteiger partial charge in [0.15, 0.2) is 6.29 Å². The minimum Gasteiger partial charge on any atom is -0.346 e. The van der Waals surface area contributed by atoms with E-state index in [1.807, 2.05) is 37.3 Å². The molecule has 1 aliphatic rings. The molecule has 0 saturated carbocycles. The Balaban J connectivity index is 1.85. The van der Waals surface area contributed by atoms with Gasteiger partial charge in [0.05, 0.1) is 23.8 Å². The lowest BCUT2D eigenvalue weighted by molar-refractivity contribution is -0.0441. The molecule has 1 N–H and O–H groups in total. The highest BCUT2D eigenvalue weighted by Gasteiger charge is 2.26. The third-order valence-electron chi connectivity index (χ3n) is 4.62. The van der Waals surface area contributed by atoms with Crippen molar-refractivity contribution in [2.75, 3.05) is 19.8 Å². The molecule has 1 amide bonds. The Morgan fingerprint density at radius 3 is 2.43 bits per heavy atom. The van der Waals surface area contributed by atoms with Gasteiger partial charge in [-0.3, -0.25) is 15.2 Å². The molecule has 30 heavy (non-hydrogen) atoms. The molecule has 1 heterocycles. The van der Waals surface area contributed by atoms with Crippen LogP contribution in [0, 0.1) is 12.3 Å². The van der Waals surface area contributed by atoms with Crippen LogP contribution in [0.25, 0.3) is 0 Å². The van der Waals surface area contributed by atoms with E-state index in [2.05, 4.69) is 26.2 Å². The SMILES string of the molecule is Cc1ccccc1C(=S)NN(CC(C)(C)C)C(=O)c1ccc(C2OCCO2)cc1Cl. The number of rotatable bonds is 4. The molecule has 1 saturated heterocycles. The topological polar surface area (TPSA) is 50.8 Å². The van der Waals surface area contributed by atoms with Gasteiger partial charge in [0.25, 0.3) is 5.91 Å². The highest BCUT2D eigenvalue weighted by molar-refractivity contribution is 7.80. The van der Waals surface area contributed by atoms with Gasteiger partial charge in [0, 0.05) is 17.7 Å².